The standard InChI is InChI=1S/C16H20O5/c1-19-9-13-11(12(8-15(17)18)10-2-3-10)4-5-14-16(13)21-7-6-20-14/h4-5,10,12H,2-3,6-9H2,1H3,(H,17,18). The number of rotatable bonds is 6. The van der Waals surface area contributed by atoms with Crippen molar-refractivity contribution in [1.29, 1.82) is 0 Å². The van der Waals surface area contributed by atoms with Gasteiger partial charge in [-0.15, -0.1) is 0 Å². The van der Waals surface area contributed by atoms with Gasteiger partial charge in [0.1, 0.15) is 13.2 Å². The molecule has 1 aliphatic carbocycles. The summed E-state index contributed by atoms with van der Waals surface area (Å²) in [6.07, 6.45) is 2.35. The lowest BCUT2D eigenvalue weighted by Crippen LogP contribution is -2.19. The highest BCUT2D eigenvalue weighted by atomic mass is 16.6. The third kappa shape index (κ3) is 2.97. The normalized spacial score (nSPS) is 18.3. The van der Waals surface area contributed by atoms with Gasteiger partial charge in [-0.3, -0.25) is 4.79 Å². The van der Waals surface area contributed by atoms with Gasteiger partial charge in [0.15, 0.2) is 11.5 Å². The van der Waals surface area contributed by atoms with Gasteiger partial charge in [-0.2, -0.15) is 0 Å². The minimum absolute atomic E-state index is 0.0310. The third-order valence-corrected chi connectivity index (χ3v) is 4.12. The summed E-state index contributed by atoms with van der Waals surface area (Å²) in [4.78, 5) is 11.2. The third-order valence-electron chi connectivity index (χ3n) is 4.12. The molecule has 0 saturated heterocycles. The maximum absolute atomic E-state index is 11.2. The highest BCUT2D eigenvalue weighted by Gasteiger charge is 2.36. The van der Waals surface area contributed by atoms with Crippen LogP contribution in [-0.4, -0.2) is 31.4 Å². The van der Waals surface area contributed by atoms with E-state index in [-0.39, 0.29) is 12.3 Å². The molecule has 0 amide bonds. The molecule has 1 unspecified atom stereocenters. The molecule has 3 rings (SSSR count). The molecule has 1 heterocycles. The predicted molar refractivity (Wildman–Crippen MR) is 75.9 cm³/mol. The van der Waals surface area contributed by atoms with E-state index in [2.05, 4.69) is 0 Å². The summed E-state index contributed by atoms with van der Waals surface area (Å²) in [6, 6.07) is 3.87. The average Bonchev–Trinajstić information content (AvgIpc) is 3.30. The van der Waals surface area contributed by atoms with E-state index in [0.717, 1.165) is 35.5 Å². The molecule has 1 atom stereocenters. The summed E-state index contributed by atoms with van der Waals surface area (Å²) >= 11 is 0. The van der Waals surface area contributed by atoms with Gasteiger partial charge in [0.05, 0.1) is 13.0 Å². The predicted octanol–water partition coefficient (Wildman–Crippen LogP) is 2.57. The fourth-order valence-corrected chi connectivity index (χ4v) is 3.05. The van der Waals surface area contributed by atoms with Crippen LogP contribution in [-0.2, 0) is 16.1 Å². The number of carbonyl (C=O) groups is 1. The van der Waals surface area contributed by atoms with E-state index in [1.165, 1.54) is 0 Å². The van der Waals surface area contributed by atoms with Crippen LogP contribution in [0, 0.1) is 5.92 Å². The number of carboxylic acids is 1. The van der Waals surface area contributed by atoms with Crippen LogP contribution in [0.5, 0.6) is 11.5 Å². The number of benzene rings is 1. The lowest BCUT2D eigenvalue weighted by Gasteiger charge is -2.26. The first-order valence-corrected chi connectivity index (χ1v) is 7.32. The van der Waals surface area contributed by atoms with Gasteiger partial charge in [-0.05, 0) is 36.3 Å². The fourth-order valence-electron chi connectivity index (χ4n) is 3.05. The zero-order valence-corrected chi connectivity index (χ0v) is 12.1. The smallest absolute Gasteiger partial charge is 0.303 e. The first-order valence-electron chi connectivity index (χ1n) is 7.32. The number of ether oxygens (including phenoxy) is 3. The van der Waals surface area contributed by atoms with E-state index >= 15 is 0 Å². The molecule has 1 aliphatic heterocycles. The Kier molecular flexibility index (Phi) is 4.01. The Hall–Kier alpha value is -1.75. The molecule has 2 aliphatic rings. The Morgan fingerprint density at radius 1 is 1.38 bits per heavy atom. The van der Waals surface area contributed by atoms with Crippen LogP contribution in [0.1, 0.15) is 36.3 Å². The van der Waals surface area contributed by atoms with Crippen LogP contribution in [0.4, 0.5) is 0 Å². The van der Waals surface area contributed by atoms with Crippen LogP contribution >= 0.6 is 0 Å². The molecule has 0 spiro atoms. The van der Waals surface area contributed by atoms with Crippen molar-refractivity contribution in [2.45, 2.75) is 31.8 Å². The minimum Gasteiger partial charge on any atom is -0.486 e. The second kappa shape index (κ2) is 5.93. The molecule has 5 nitrogen and oxygen atoms in total. The van der Waals surface area contributed by atoms with E-state index in [1.807, 2.05) is 12.1 Å². The zero-order valence-electron chi connectivity index (χ0n) is 12.1. The average molecular weight is 292 g/mol. The zero-order chi connectivity index (χ0) is 14.8. The van der Waals surface area contributed by atoms with E-state index < -0.39 is 5.97 Å². The minimum atomic E-state index is -0.759. The Balaban J connectivity index is 2.01. The van der Waals surface area contributed by atoms with Crippen molar-refractivity contribution in [3.05, 3.63) is 23.3 Å². The quantitative estimate of drug-likeness (QED) is 0.873. The summed E-state index contributed by atoms with van der Waals surface area (Å²) in [7, 11) is 1.64. The number of fused-ring (bicyclic) bond motifs is 1. The molecule has 5 heteroatoms. The second-order valence-electron chi connectivity index (χ2n) is 5.63. The van der Waals surface area contributed by atoms with Crippen LogP contribution in [0.2, 0.25) is 0 Å². The van der Waals surface area contributed by atoms with Crippen LogP contribution < -0.4 is 9.47 Å². The van der Waals surface area contributed by atoms with Crippen molar-refractivity contribution in [1.82, 2.24) is 0 Å². The summed E-state index contributed by atoms with van der Waals surface area (Å²) in [5.41, 5.74) is 1.97. The summed E-state index contributed by atoms with van der Waals surface area (Å²) in [5, 5.41) is 9.19. The lowest BCUT2D eigenvalue weighted by molar-refractivity contribution is -0.137. The maximum atomic E-state index is 11.2. The van der Waals surface area contributed by atoms with E-state index in [0.29, 0.717) is 25.7 Å². The molecule has 114 valence electrons. The summed E-state index contributed by atoms with van der Waals surface area (Å²) < 4.78 is 16.7. The number of hydrogen-bond donors (Lipinski definition) is 1. The van der Waals surface area contributed by atoms with Gasteiger partial charge in [0.2, 0.25) is 0 Å². The monoisotopic (exact) mass is 292 g/mol. The molecule has 0 bridgehead atoms. The Labute approximate surface area is 123 Å². The van der Waals surface area contributed by atoms with Crippen molar-refractivity contribution in [2.24, 2.45) is 5.92 Å². The van der Waals surface area contributed by atoms with Gasteiger partial charge >= 0.3 is 5.97 Å². The number of hydrogen-bond acceptors (Lipinski definition) is 4. The van der Waals surface area contributed by atoms with Gasteiger partial charge in [-0.25, -0.2) is 0 Å². The molecule has 0 radical (unpaired) electrons. The molecular weight excluding hydrogens is 272 g/mol. The highest BCUT2D eigenvalue weighted by molar-refractivity contribution is 5.68. The molecular formula is C16H20O5. The van der Waals surface area contributed by atoms with Gasteiger partial charge in [0, 0.05) is 12.7 Å². The van der Waals surface area contributed by atoms with Gasteiger partial charge in [-0.1, -0.05) is 6.07 Å². The van der Waals surface area contributed by atoms with E-state index in [9.17, 15) is 9.90 Å². The highest BCUT2D eigenvalue weighted by Crippen LogP contribution is 2.48. The van der Waals surface area contributed by atoms with E-state index in [4.69, 9.17) is 14.2 Å². The molecule has 1 aromatic rings. The number of methoxy groups -OCH3 is 1. The Morgan fingerprint density at radius 3 is 2.81 bits per heavy atom. The number of carboxylic acid groups (broad SMARTS) is 1. The fraction of sp³-hybridized carbons (Fsp3) is 0.562. The largest absolute Gasteiger partial charge is 0.486 e. The first-order chi connectivity index (χ1) is 10.2. The van der Waals surface area contributed by atoms with Crippen molar-refractivity contribution < 1.29 is 24.1 Å². The van der Waals surface area contributed by atoms with Gasteiger partial charge < -0.3 is 19.3 Å². The summed E-state index contributed by atoms with van der Waals surface area (Å²) in [5.74, 6) is 1.17. The van der Waals surface area contributed by atoms with Crippen molar-refractivity contribution >= 4 is 5.97 Å². The first kappa shape index (κ1) is 14.2. The van der Waals surface area contributed by atoms with Crippen molar-refractivity contribution in [2.75, 3.05) is 20.3 Å². The van der Waals surface area contributed by atoms with Crippen LogP contribution in [0.15, 0.2) is 12.1 Å². The molecule has 1 aromatic carbocycles. The van der Waals surface area contributed by atoms with Crippen LogP contribution in [0.25, 0.3) is 0 Å². The molecule has 0 aromatic heterocycles. The Bertz CT molecular complexity index is 536. The molecule has 1 fully saturated rings. The Morgan fingerprint density at radius 2 is 2.14 bits per heavy atom. The van der Waals surface area contributed by atoms with Gasteiger partial charge in [0.25, 0.3) is 0 Å². The summed E-state index contributed by atoms with van der Waals surface area (Å²) in [6.45, 7) is 1.46. The maximum Gasteiger partial charge on any atom is 0.303 e. The van der Waals surface area contributed by atoms with E-state index in [1.54, 1.807) is 7.11 Å². The molecule has 21 heavy (non-hydrogen) atoms. The number of aliphatic carboxylic acids is 1. The van der Waals surface area contributed by atoms with Crippen molar-refractivity contribution in [3.8, 4) is 11.5 Å². The SMILES string of the molecule is COCc1c(C(CC(=O)O)C2CC2)ccc2c1OCCO2. The molecule has 1 N–H and O–H groups in total. The van der Waals surface area contributed by atoms with Crippen LogP contribution in [0.3, 0.4) is 0 Å². The second-order valence-corrected chi connectivity index (χ2v) is 5.63. The molecule has 1 saturated carbocycles. The topological polar surface area (TPSA) is 65.0 Å². The lowest BCUT2D eigenvalue weighted by atomic mass is 9.87. The van der Waals surface area contributed by atoms with Crippen molar-refractivity contribution in [3.63, 3.8) is 0 Å².